The minimum atomic E-state index is -1.32. The van der Waals surface area contributed by atoms with Crippen LogP contribution in [0.3, 0.4) is 0 Å². The Bertz CT molecular complexity index is 215. The van der Waals surface area contributed by atoms with E-state index in [1.807, 2.05) is 0 Å². The Morgan fingerprint density at radius 2 is 2.46 bits per heavy atom. The summed E-state index contributed by atoms with van der Waals surface area (Å²) in [7, 11) is 0.654. The van der Waals surface area contributed by atoms with Crippen LogP contribution in [-0.2, 0) is 14.1 Å². The Hall–Kier alpha value is -0.0951. The van der Waals surface area contributed by atoms with Gasteiger partial charge in [-0.25, -0.2) is 0 Å². The number of aliphatic hydroxyl groups is 1. The van der Waals surface area contributed by atoms with Gasteiger partial charge in [0.15, 0.2) is 6.29 Å². The zero-order valence-corrected chi connectivity index (χ0v) is 8.19. The lowest BCUT2D eigenvalue weighted by atomic mass is 9.95. The molecule has 0 radical (unpaired) electrons. The maximum Gasteiger partial charge on any atom is 0.272 e. The van der Waals surface area contributed by atoms with E-state index in [1.54, 1.807) is 6.82 Å². The van der Waals surface area contributed by atoms with Crippen LogP contribution >= 0.6 is 0 Å². The van der Waals surface area contributed by atoms with Crippen LogP contribution in [0.2, 0.25) is 6.82 Å². The first-order valence-corrected chi connectivity index (χ1v) is 4.21. The van der Waals surface area contributed by atoms with Gasteiger partial charge in [0.1, 0.15) is 5.60 Å². The number of methoxy groups -OCH3 is 1. The lowest BCUT2D eigenvalue weighted by molar-refractivity contribution is -0.183. The lowest BCUT2D eigenvalue weighted by Crippen LogP contribution is -2.47. The molecule has 4 nitrogen and oxygen atoms in total. The highest BCUT2D eigenvalue weighted by Gasteiger charge is 2.51. The highest BCUT2D eigenvalue weighted by molar-refractivity contribution is 6.24. The van der Waals surface area contributed by atoms with Crippen molar-refractivity contribution in [3.05, 3.63) is 0 Å². The molecule has 0 unspecified atom stereocenters. The van der Waals surface area contributed by atoms with Gasteiger partial charge in [-0.3, -0.25) is 0 Å². The molecule has 13 heavy (non-hydrogen) atoms. The van der Waals surface area contributed by atoms with Crippen molar-refractivity contribution < 1.29 is 20.6 Å². The van der Waals surface area contributed by atoms with Crippen molar-refractivity contribution in [3.63, 3.8) is 0 Å². The van der Waals surface area contributed by atoms with Gasteiger partial charge in [-0.1, -0.05) is 6.82 Å². The zero-order valence-electron chi connectivity index (χ0n) is 10.2. The second kappa shape index (κ2) is 3.96. The van der Waals surface area contributed by atoms with Crippen molar-refractivity contribution in [1.82, 2.24) is 0 Å². The topological polar surface area (TPSA) is 47.9 Å². The Morgan fingerprint density at radius 3 is 2.92 bits per heavy atom. The molecule has 1 aliphatic rings. The van der Waals surface area contributed by atoms with E-state index >= 15 is 0 Å². The molecule has 0 aromatic rings. The molecule has 1 heterocycles. The second-order valence-electron chi connectivity index (χ2n) is 3.26. The van der Waals surface area contributed by atoms with Gasteiger partial charge >= 0.3 is 0 Å². The first-order valence-electron chi connectivity index (χ1n) is 5.49. The fourth-order valence-corrected chi connectivity index (χ4v) is 1.54. The summed E-state index contributed by atoms with van der Waals surface area (Å²) in [5.41, 5.74) is -1.32. The van der Waals surface area contributed by atoms with E-state index in [1.165, 1.54) is 14.0 Å². The normalized spacial score (nSPS) is 47.2. The maximum absolute atomic E-state index is 10.1. The number of rotatable bonds is 3. The molecule has 1 fully saturated rings. The fourth-order valence-electron chi connectivity index (χ4n) is 1.54. The predicted octanol–water partition coefficient (Wildman–Crippen LogP) is -0.0866. The maximum atomic E-state index is 10.1. The molecule has 0 aromatic heterocycles. The molecule has 1 N–H and O–H groups in total. The molecule has 5 heteroatoms. The molecule has 76 valence electrons. The highest BCUT2D eigenvalue weighted by atomic mass is 16.7. The van der Waals surface area contributed by atoms with Gasteiger partial charge in [0.25, 0.3) is 7.45 Å². The molecule has 0 bridgehead atoms. The van der Waals surface area contributed by atoms with Gasteiger partial charge < -0.3 is 19.2 Å². The highest BCUT2D eigenvalue weighted by Crippen LogP contribution is 2.32. The average molecular weight is 190 g/mol. The minimum absolute atomic E-state index is 0.0343. The summed E-state index contributed by atoms with van der Waals surface area (Å²) in [5.74, 6) is 0. The monoisotopic (exact) mass is 190 g/mol. The van der Waals surface area contributed by atoms with Gasteiger partial charge in [0.05, 0.1) is 12.2 Å². The summed E-state index contributed by atoms with van der Waals surface area (Å²) in [6.45, 7) is 3.05. The third-order valence-electron chi connectivity index (χ3n) is 2.19. The molecular formula is C8H17BO4. The molecule has 0 aliphatic carbocycles. The Kier molecular flexibility index (Phi) is 2.51. The third kappa shape index (κ3) is 1.88. The first-order chi connectivity index (χ1) is 6.93. The van der Waals surface area contributed by atoms with Crippen LogP contribution in [-0.4, -0.2) is 45.1 Å². The van der Waals surface area contributed by atoms with Crippen LogP contribution < -0.4 is 0 Å². The van der Waals surface area contributed by atoms with Gasteiger partial charge in [-0.15, -0.1) is 0 Å². The SMILES string of the molecule is [2H]C[C@H]1O[C@H](OC)[C@](C)(O)[C@@H]1OB([2H])C. The predicted molar refractivity (Wildman–Crippen MR) is 49.9 cm³/mol. The van der Waals surface area contributed by atoms with Crippen LogP contribution in [0.4, 0.5) is 0 Å². The lowest BCUT2D eigenvalue weighted by Gasteiger charge is -2.28. The largest absolute Gasteiger partial charge is 0.432 e. The van der Waals surface area contributed by atoms with Crippen molar-refractivity contribution in [2.75, 3.05) is 7.11 Å². The average Bonchev–Trinajstić information content (AvgIpc) is 2.38. The van der Waals surface area contributed by atoms with Crippen LogP contribution in [0, 0.1) is 0 Å². The smallest absolute Gasteiger partial charge is 0.272 e. The molecule has 1 aliphatic heterocycles. The van der Waals surface area contributed by atoms with E-state index in [9.17, 15) is 5.11 Å². The molecule has 4 atom stereocenters. The third-order valence-corrected chi connectivity index (χ3v) is 2.19. The van der Waals surface area contributed by atoms with E-state index < -0.39 is 31.5 Å². The molecule has 0 saturated carbocycles. The second-order valence-corrected chi connectivity index (χ2v) is 3.26. The van der Waals surface area contributed by atoms with Crippen molar-refractivity contribution in [2.24, 2.45) is 0 Å². The minimum Gasteiger partial charge on any atom is -0.432 e. The molecular weight excluding hydrogens is 171 g/mol. The quantitative estimate of drug-likeness (QED) is 0.632. The summed E-state index contributed by atoms with van der Waals surface area (Å²) in [4.78, 5) is 0. The summed E-state index contributed by atoms with van der Waals surface area (Å²) in [6, 6.07) is 0. The zero-order chi connectivity index (χ0) is 11.6. The van der Waals surface area contributed by atoms with Crippen molar-refractivity contribution in [2.45, 2.75) is 44.7 Å². The van der Waals surface area contributed by atoms with Crippen LogP contribution in [0.25, 0.3) is 0 Å². The van der Waals surface area contributed by atoms with Gasteiger partial charge in [-0.05, 0) is 13.8 Å². The van der Waals surface area contributed by atoms with E-state index in [0.29, 0.717) is 0 Å². The first kappa shape index (κ1) is 8.23. The summed E-state index contributed by atoms with van der Waals surface area (Å²) in [5, 5.41) is 10.1. The Labute approximate surface area is 82.2 Å². The Morgan fingerprint density at radius 1 is 1.77 bits per heavy atom. The van der Waals surface area contributed by atoms with Crippen molar-refractivity contribution >= 4 is 7.45 Å². The number of hydrogen-bond donors (Lipinski definition) is 1. The van der Waals surface area contributed by atoms with Gasteiger partial charge in [0.2, 0.25) is 0 Å². The van der Waals surface area contributed by atoms with Gasteiger partial charge in [-0.2, -0.15) is 0 Å². The standard InChI is InChI=1S/C8H17BO4/c1-5-6(13-9-3)8(2,10)7(11-4)12-5/h5-7,9-10H,1-4H3/t5-,6-,7+,8-/m1/s1/i1D,9D. The Balaban J connectivity index is 2.79. The number of hydrogen-bond acceptors (Lipinski definition) is 4. The van der Waals surface area contributed by atoms with Gasteiger partial charge in [0, 0.05) is 9.82 Å². The summed E-state index contributed by atoms with van der Waals surface area (Å²) >= 11 is 0. The summed E-state index contributed by atoms with van der Waals surface area (Å²) in [6.07, 6.45) is -2.07. The molecule has 1 rings (SSSR count). The molecule has 1 saturated heterocycles. The molecule has 0 spiro atoms. The van der Waals surface area contributed by atoms with E-state index in [0.717, 1.165) is 0 Å². The number of ether oxygens (including phenoxy) is 2. The molecule has 0 amide bonds. The fraction of sp³-hybridized carbons (Fsp3) is 1.00. The van der Waals surface area contributed by atoms with Crippen molar-refractivity contribution in [3.8, 4) is 0 Å². The van der Waals surface area contributed by atoms with E-state index in [4.69, 9.17) is 16.8 Å². The van der Waals surface area contributed by atoms with Crippen molar-refractivity contribution in [1.29, 1.82) is 1.34 Å². The van der Waals surface area contributed by atoms with Crippen LogP contribution in [0.1, 0.15) is 15.2 Å². The van der Waals surface area contributed by atoms with E-state index in [2.05, 4.69) is 0 Å². The summed E-state index contributed by atoms with van der Waals surface area (Å²) < 4.78 is 30.1. The molecule has 0 aromatic carbocycles. The van der Waals surface area contributed by atoms with E-state index in [-0.39, 0.29) is 6.90 Å². The van der Waals surface area contributed by atoms with Crippen LogP contribution in [0.5, 0.6) is 0 Å². The van der Waals surface area contributed by atoms with Crippen LogP contribution in [0.15, 0.2) is 0 Å².